The summed E-state index contributed by atoms with van der Waals surface area (Å²) in [6.45, 7) is 9.75. The number of nitriles is 1. The highest BCUT2D eigenvalue weighted by Crippen LogP contribution is 2.39. The molecule has 3 rings (SSSR count). The molecule has 8 nitrogen and oxygen atoms in total. The zero-order valence-corrected chi connectivity index (χ0v) is 20.8. The number of aliphatic hydroxyl groups is 1. The Labute approximate surface area is 210 Å². The molecule has 1 saturated heterocycles. The summed E-state index contributed by atoms with van der Waals surface area (Å²) in [6, 6.07) is 11.1. The standard InChI is InChI=1S/C26H27FN4O4S/c1-5-6-22(17(2)27)23(12-14-32)30-25-31-36(33,34)24(26(3,4)35-25)19-9-7-18(8-10-19)20-11-13-29-21(15-20)16-28/h5-11,13,15,23-24,32H,1-2,12,14H2,3-4H3,(H,30,31)/b22-6+/t23-,24-/m0/s1. The van der Waals surface area contributed by atoms with Crippen LogP contribution in [-0.2, 0) is 14.8 Å². The largest absolute Gasteiger partial charge is 0.457 e. The van der Waals surface area contributed by atoms with Gasteiger partial charge in [0.05, 0.1) is 6.04 Å². The van der Waals surface area contributed by atoms with Crippen LogP contribution in [0.25, 0.3) is 11.1 Å². The number of hydrogen-bond donors (Lipinski definition) is 2. The number of amidine groups is 1. The molecule has 0 unspecified atom stereocenters. The van der Waals surface area contributed by atoms with Gasteiger partial charge in [0.1, 0.15) is 28.4 Å². The number of nitrogens with one attached hydrogen (secondary N) is 1. The fourth-order valence-electron chi connectivity index (χ4n) is 4.10. The summed E-state index contributed by atoms with van der Waals surface area (Å²) in [5.41, 5.74) is 1.14. The normalized spacial score (nSPS) is 20.5. The SMILES string of the molecule is C=C/C=C(\C(=C)F)[C@H](CCO)N=C1NS(=O)(=O)[C@@H](c2ccc(-c3ccnc(C#N)c3)cc2)C(C)(C)O1. The number of halogens is 1. The predicted molar refractivity (Wildman–Crippen MR) is 136 cm³/mol. The van der Waals surface area contributed by atoms with Gasteiger partial charge in [0, 0.05) is 18.4 Å². The van der Waals surface area contributed by atoms with Crippen molar-refractivity contribution in [1.82, 2.24) is 9.71 Å². The lowest BCUT2D eigenvalue weighted by molar-refractivity contribution is 0.0761. The van der Waals surface area contributed by atoms with Gasteiger partial charge in [-0.3, -0.25) is 0 Å². The first kappa shape index (κ1) is 26.8. The minimum absolute atomic E-state index is 0.0189. The third-order valence-corrected chi connectivity index (χ3v) is 7.52. The van der Waals surface area contributed by atoms with Crippen LogP contribution < -0.4 is 4.72 Å². The molecule has 2 N–H and O–H groups in total. The lowest BCUT2D eigenvalue weighted by Gasteiger charge is -2.39. The minimum Gasteiger partial charge on any atom is -0.457 e. The summed E-state index contributed by atoms with van der Waals surface area (Å²) in [4.78, 5) is 8.21. The molecule has 2 heterocycles. The van der Waals surface area contributed by atoms with Gasteiger partial charge in [-0.25, -0.2) is 27.5 Å². The van der Waals surface area contributed by atoms with Crippen molar-refractivity contribution in [1.29, 1.82) is 5.26 Å². The molecule has 1 fully saturated rings. The number of nitrogens with zero attached hydrogens (tertiary/aromatic N) is 3. The molecule has 1 aliphatic rings. The Bertz CT molecular complexity index is 1360. The lowest BCUT2D eigenvalue weighted by Crippen LogP contribution is -2.53. The summed E-state index contributed by atoms with van der Waals surface area (Å²) < 4.78 is 48.9. The highest BCUT2D eigenvalue weighted by molar-refractivity contribution is 7.90. The number of benzene rings is 1. The summed E-state index contributed by atoms with van der Waals surface area (Å²) in [7, 11) is -4.02. The molecule has 1 aliphatic heterocycles. The van der Waals surface area contributed by atoms with Gasteiger partial charge in [0.2, 0.25) is 10.0 Å². The smallest absolute Gasteiger partial charge is 0.299 e. The maximum Gasteiger partial charge on any atom is 0.299 e. The van der Waals surface area contributed by atoms with Crippen molar-refractivity contribution in [3.63, 3.8) is 0 Å². The van der Waals surface area contributed by atoms with E-state index in [2.05, 4.69) is 27.9 Å². The van der Waals surface area contributed by atoms with Gasteiger partial charge in [0.25, 0.3) is 6.02 Å². The molecule has 1 aromatic heterocycles. The molecule has 0 bridgehead atoms. The second-order valence-corrected chi connectivity index (χ2v) is 10.4. The van der Waals surface area contributed by atoms with E-state index >= 15 is 0 Å². The fraction of sp³-hybridized carbons (Fsp3) is 0.269. The van der Waals surface area contributed by atoms with Crippen molar-refractivity contribution >= 4 is 16.0 Å². The Morgan fingerprint density at radius 2 is 2.06 bits per heavy atom. The van der Waals surface area contributed by atoms with Gasteiger partial charge in [-0.05, 0) is 49.1 Å². The number of ether oxygens (including phenoxy) is 1. The van der Waals surface area contributed by atoms with Crippen LogP contribution in [0, 0.1) is 11.3 Å². The van der Waals surface area contributed by atoms with Gasteiger partial charge in [-0.15, -0.1) is 0 Å². The van der Waals surface area contributed by atoms with Crippen LogP contribution >= 0.6 is 0 Å². The lowest BCUT2D eigenvalue weighted by atomic mass is 9.95. The Kier molecular flexibility index (Phi) is 8.07. The Balaban J connectivity index is 1.94. The number of aliphatic hydroxyl groups excluding tert-OH is 1. The second-order valence-electron chi connectivity index (χ2n) is 8.62. The van der Waals surface area contributed by atoms with Crippen molar-refractivity contribution in [3.05, 3.63) is 90.6 Å². The zero-order chi connectivity index (χ0) is 26.5. The van der Waals surface area contributed by atoms with Gasteiger partial charge in [-0.2, -0.15) is 5.26 Å². The van der Waals surface area contributed by atoms with Crippen molar-refractivity contribution in [2.24, 2.45) is 4.99 Å². The molecule has 0 amide bonds. The third kappa shape index (κ3) is 5.87. The Morgan fingerprint density at radius 3 is 2.61 bits per heavy atom. The van der Waals surface area contributed by atoms with E-state index in [1.165, 1.54) is 18.3 Å². The maximum absolute atomic E-state index is 14.0. The summed E-state index contributed by atoms with van der Waals surface area (Å²) >= 11 is 0. The van der Waals surface area contributed by atoms with E-state index in [9.17, 15) is 17.9 Å². The van der Waals surface area contributed by atoms with E-state index in [0.717, 1.165) is 11.1 Å². The van der Waals surface area contributed by atoms with Gasteiger partial charge < -0.3 is 9.84 Å². The summed E-state index contributed by atoms with van der Waals surface area (Å²) in [5, 5.41) is 17.4. The molecule has 0 spiro atoms. The average Bonchev–Trinajstić information content (AvgIpc) is 2.81. The second kappa shape index (κ2) is 10.8. The molecule has 188 valence electrons. The first-order valence-corrected chi connectivity index (χ1v) is 12.6. The predicted octanol–water partition coefficient (Wildman–Crippen LogP) is 4.09. The van der Waals surface area contributed by atoms with Crippen LogP contribution in [0.4, 0.5) is 4.39 Å². The first-order valence-electron chi connectivity index (χ1n) is 11.1. The molecule has 0 saturated carbocycles. The molecule has 0 radical (unpaired) electrons. The first-order chi connectivity index (χ1) is 17.0. The van der Waals surface area contributed by atoms with Gasteiger partial charge >= 0.3 is 0 Å². The van der Waals surface area contributed by atoms with Gasteiger partial charge in [-0.1, -0.05) is 49.6 Å². The maximum atomic E-state index is 14.0. The van der Waals surface area contributed by atoms with Crippen LogP contribution in [0.2, 0.25) is 0 Å². The van der Waals surface area contributed by atoms with E-state index in [4.69, 9.17) is 10.00 Å². The number of allylic oxidation sites excluding steroid dienone is 2. The highest BCUT2D eigenvalue weighted by atomic mass is 32.2. The monoisotopic (exact) mass is 510 g/mol. The fourth-order valence-corrected chi connectivity index (χ4v) is 5.86. The minimum atomic E-state index is -4.02. The van der Waals surface area contributed by atoms with E-state index in [0.29, 0.717) is 5.56 Å². The Hall–Kier alpha value is -3.81. The van der Waals surface area contributed by atoms with Crippen molar-refractivity contribution in [2.45, 2.75) is 37.2 Å². The van der Waals surface area contributed by atoms with E-state index in [-0.39, 0.29) is 30.3 Å². The molecule has 36 heavy (non-hydrogen) atoms. The topological polar surface area (TPSA) is 125 Å². The number of pyridine rings is 1. The Morgan fingerprint density at radius 1 is 1.36 bits per heavy atom. The van der Waals surface area contributed by atoms with Crippen LogP contribution in [0.15, 0.2) is 84.3 Å². The molecule has 2 aromatic rings. The number of aliphatic imine (C=N–C) groups is 1. The van der Waals surface area contributed by atoms with Crippen LogP contribution in [0.5, 0.6) is 0 Å². The average molecular weight is 511 g/mol. The summed E-state index contributed by atoms with van der Waals surface area (Å²) in [6.07, 6.45) is 4.27. The van der Waals surface area contributed by atoms with E-state index in [1.54, 1.807) is 50.2 Å². The summed E-state index contributed by atoms with van der Waals surface area (Å²) in [5.74, 6) is -0.773. The van der Waals surface area contributed by atoms with E-state index in [1.807, 2.05) is 6.07 Å². The number of sulfonamides is 1. The molecular weight excluding hydrogens is 483 g/mol. The third-order valence-electron chi connectivity index (χ3n) is 5.60. The molecule has 2 atom stereocenters. The zero-order valence-electron chi connectivity index (χ0n) is 20.0. The molecular formula is C26H27FN4O4S. The van der Waals surface area contributed by atoms with E-state index < -0.39 is 32.7 Å². The van der Waals surface area contributed by atoms with Crippen molar-refractivity contribution in [2.75, 3.05) is 6.61 Å². The quantitative estimate of drug-likeness (QED) is 0.516. The van der Waals surface area contributed by atoms with Gasteiger partial charge in [0.15, 0.2) is 0 Å². The van der Waals surface area contributed by atoms with Crippen molar-refractivity contribution in [3.8, 4) is 17.2 Å². The highest BCUT2D eigenvalue weighted by Gasteiger charge is 2.48. The van der Waals surface area contributed by atoms with Crippen LogP contribution in [-0.4, -0.2) is 42.8 Å². The van der Waals surface area contributed by atoms with Crippen LogP contribution in [0.3, 0.4) is 0 Å². The molecule has 10 heteroatoms. The number of rotatable bonds is 8. The van der Waals surface area contributed by atoms with Crippen LogP contribution in [0.1, 0.15) is 36.8 Å². The van der Waals surface area contributed by atoms with Crippen molar-refractivity contribution < 1.29 is 22.7 Å². The molecule has 1 aromatic carbocycles. The number of hydrogen-bond acceptors (Lipinski definition) is 7. The number of aromatic nitrogens is 1. The molecule has 0 aliphatic carbocycles.